The van der Waals surface area contributed by atoms with Crippen LogP contribution in [-0.4, -0.2) is 114 Å². The maximum Gasteiger partial charge on any atom is 0.355 e. The van der Waals surface area contributed by atoms with Gasteiger partial charge in [-0.2, -0.15) is 0 Å². The highest BCUT2D eigenvalue weighted by Crippen LogP contribution is 2.54. The SMILES string of the molecule is O=C(O)[C@H]1[C@H](CC2(c3ccccc3)CCCCC2)c2cc(O)c(O[C@]3(O)O[C@H](CO)[C@@H](O)[C@H](O)[C@H]3O)cc2N1C(=O)/C=C/c1ccc(O)c(CC2=NCN=C2)c1. The molecule has 3 aromatic rings. The summed E-state index contributed by atoms with van der Waals surface area (Å²) in [5.41, 5.74) is 2.73. The highest BCUT2D eigenvalue weighted by Gasteiger charge is 2.56. The first kappa shape index (κ1) is 39.1. The second-order valence-electron chi connectivity index (χ2n) is 14.9. The van der Waals surface area contributed by atoms with Gasteiger partial charge in [0.1, 0.15) is 36.8 Å². The number of phenolic OH excluding ortho intramolecular Hbond substituents is 2. The second kappa shape index (κ2) is 15.8. The van der Waals surface area contributed by atoms with E-state index in [0.717, 1.165) is 48.6 Å². The Labute approximate surface area is 322 Å². The first-order valence-corrected chi connectivity index (χ1v) is 18.6. The zero-order valence-electron chi connectivity index (χ0n) is 30.4. The summed E-state index contributed by atoms with van der Waals surface area (Å²) in [6, 6.07) is 15.6. The van der Waals surface area contributed by atoms with E-state index in [4.69, 9.17) is 9.47 Å². The van der Waals surface area contributed by atoms with E-state index in [2.05, 4.69) is 9.98 Å². The minimum atomic E-state index is -3.09. The Morgan fingerprint density at radius 2 is 1.71 bits per heavy atom. The molecule has 7 rings (SSSR count). The van der Waals surface area contributed by atoms with Crippen LogP contribution in [0.1, 0.15) is 66.7 Å². The van der Waals surface area contributed by atoms with E-state index < -0.39 is 77.7 Å². The molecule has 0 spiro atoms. The Morgan fingerprint density at radius 1 is 0.964 bits per heavy atom. The normalized spacial score (nSPS) is 28.3. The maximum absolute atomic E-state index is 14.4. The number of hydrogen-bond acceptors (Lipinski definition) is 13. The lowest BCUT2D eigenvalue weighted by molar-refractivity contribution is -0.422. The predicted molar refractivity (Wildman–Crippen MR) is 203 cm³/mol. The van der Waals surface area contributed by atoms with Crippen molar-refractivity contribution in [2.45, 2.75) is 92.7 Å². The van der Waals surface area contributed by atoms with Gasteiger partial charge in [0.05, 0.1) is 18.0 Å². The van der Waals surface area contributed by atoms with Gasteiger partial charge in [0, 0.05) is 36.3 Å². The monoisotopic (exact) mass is 771 g/mol. The van der Waals surface area contributed by atoms with Crippen LogP contribution in [-0.2, 0) is 26.2 Å². The number of nitrogens with zero attached hydrogens (tertiary/aromatic N) is 3. The number of carboxylic acids is 1. The van der Waals surface area contributed by atoms with Gasteiger partial charge in [-0.3, -0.25) is 19.7 Å². The number of carbonyl (C=O) groups is 2. The number of rotatable bonds is 11. The number of aliphatic hydroxyl groups excluding tert-OH is 4. The Bertz CT molecular complexity index is 2050. The molecule has 3 aliphatic heterocycles. The quantitative estimate of drug-likeness (QED) is 0.104. The standard InChI is InChI=1S/C41H45N3O12/c45-21-33-36(49)37(50)38(51)41(54,56-33)55-32-18-29-27(17-31(32)47)28(19-40(13-5-2-6-14-40)25-7-3-1-4-8-25)35(39(52)53)44(29)34(48)12-10-23-9-11-30(46)24(15-23)16-26-20-42-22-43-26/h1,3-4,7-12,15,17-18,20,28,33,35-38,45-47,49-51,54H,2,5-6,13-14,16,19,21-22H2,(H,52,53)/b12-10+/t28-,33-,35-,36-,37+,38-,41+/m1/s1. The van der Waals surface area contributed by atoms with E-state index in [0.29, 0.717) is 41.9 Å². The number of amides is 1. The minimum absolute atomic E-state index is 0.0298. The van der Waals surface area contributed by atoms with E-state index in [1.807, 2.05) is 30.3 Å². The van der Waals surface area contributed by atoms with Gasteiger partial charge in [-0.25, -0.2) is 4.79 Å². The molecule has 4 aliphatic rings. The summed E-state index contributed by atoms with van der Waals surface area (Å²) >= 11 is 0. The van der Waals surface area contributed by atoms with Crippen molar-refractivity contribution in [2.75, 3.05) is 18.2 Å². The van der Waals surface area contributed by atoms with Crippen LogP contribution < -0.4 is 9.64 Å². The summed E-state index contributed by atoms with van der Waals surface area (Å²) in [6.45, 7) is -0.566. The Balaban J connectivity index is 1.29. The number of ether oxygens (including phenoxy) is 2. The van der Waals surface area contributed by atoms with E-state index in [9.17, 15) is 50.4 Å². The van der Waals surface area contributed by atoms with Crippen LogP contribution in [0.2, 0.25) is 0 Å². The molecule has 15 nitrogen and oxygen atoms in total. The van der Waals surface area contributed by atoms with E-state index in [1.54, 1.807) is 18.3 Å². The molecule has 1 saturated carbocycles. The number of benzene rings is 3. The lowest BCUT2D eigenvalue weighted by atomic mass is 9.63. The summed E-state index contributed by atoms with van der Waals surface area (Å²) in [6.07, 6.45) is 1.65. The van der Waals surface area contributed by atoms with Crippen LogP contribution in [0, 0.1) is 0 Å². The third kappa shape index (κ3) is 7.41. The van der Waals surface area contributed by atoms with Crippen molar-refractivity contribution in [3.63, 3.8) is 0 Å². The average molecular weight is 772 g/mol. The number of carboxylic acid groups (broad SMARTS) is 1. The Kier molecular flexibility index (Phi) is 11.0. The highest BCUT2D eigenvalue weighted by atomic mass is 16.8. The molecule has 0 bridgehead atoms. The van der Waals surface area contributed by atoms with Crippen molar-refractivity contribution in [1.29, 1.82) is 0 Å². The van der Waals surface area contributed by atoms with Gasteiger partial charge >= 0.3 is 11.9 Å². The van der Waals surface area contributed by atoms with Gasteiger partial charge in [-0.15, -0.1) is 0 Å². The number of aromatic hydroxyl groups is 2. The number of phenols is 2. The first-order valence-electron chi connectivity index (χ1n) is 18.6. The zero-order chi connectivity index (χ0) is 39.8. The maximum atomic E-state index is 14.4. The largest absolute Gasteiger partial charge is 0.508 e. The lowest BCUT2D eigenvalue weighted by Gasteiger charge is -2.44. The topological polar surface area (TPSA) is 242 Å². The van der Waals surface area contributed by atoms with E-state index in [1.165, 1.54) is 24.3 Å². The molecule has 0 radical (unpaired) electrons. The second-order valence-corrected chi connectivity index (χ2v) is 14.9. The smallest absolute Gasteiger partial charge is 0.355 e. The highest BCUT2D eigenvalue weighted by molar-refractivity contribution is 6.32. The number of aliphatic carboxylic acids is 1. The summed E-state index contributed by atoms with van der Waals surface area (Å²) in [5.74, 6) is -7.07. The zero-order valence-corrected chi connectivity index (χ0v) is 30.4. The number of anilines is 1. The number of fused-ring (bicyclic) bond motifs is 1. The summed E-state index contributed by atoms with van der Waals surface area (Å²) in [4.78, 5) is 37.2. The molecular weight excluding hydrogens is 726 g/mol. The molecule has 7 atom stereocenters. The third-order valence-corrected chi connectivity index (χ3v) is 11.4. The number of aliphatic hydroxyl groups is 5. The van der Waals surface area contributed by atoms with Crippen molar-refractivity contribution in [2.24, 2.45) is 9.98 Å². The molecule has 56 heavy (non-hydrogen) atoms. The van der Waals surface area contributed by atoms with E-state index >= 15 is 0 Å². The van der Waals surface area contributed by atoms with Gasteiger partial charge in [0.2, 0.25) is 0 Å². The Hall–Kier alpha value is -5.16. The molecule has 0 aromatic heterocycles. The van der Waals surface area contributed by atoms with Crippen LogP contribution in [0.25, 0.3) is 6.08 Å². The first-order chi connectivity index (χ1) is 26.8. The predicted octanol–water partition coefficient (Wildman–Crippen LogP) is 2.51. The third-order valence-electron chi connectivity index (χ3n) is 11.4. The molecule has 1 aliphatic carbocycles. The fourth-order valence-corrected chi connectivity index (χ4v) is 8.55. The molecule has 15 heteroatoms. The molecule has 3 aromatic carbocycles. The molecule has 1 saturated heterocycles. The lowest BCUT2D eigenvalue weighted by Crippen LogP contribution is -2.67. The number of hydrogen-bond donors (Lipinski definition) is 8. The van der Waals surface area contributed by atoms with Crippen LogP contribution in [0.5, 0.6) is 17.2 Å². The van der Waals surface area contributed by atoms with Crippen LogP contribution in [0.3, 0.4) is 0 Å². The van der Waals surface area contributed by atoms with E-state index in [-0.39, 0.29) is 11.4 Å². The minimum Gasteiger partial charge on any atom is -0.508 e. The van der Waals surface area contributed by atoms with Crippen LogP contribution in [0.15, 0.2) is 76.7 Å². The summed E-state index contributed by atoms with van der Waals surface area (Å²) in [7, 11) is 0. The molecule has 8 N–H and O–H groups in total. The molecule has 2 fully saturated rings. The molecule has 3 heterocycles. The van der Waals surface area contributed by atoms with Gasteiger partial charge in [-0.1, -0.05) is 55.7 Å². The average Bonchev–Trinajstić information content (AvgIpc) is 3.82. The van der Waals surface area contributed by atoms with Crippen molar-refractivity contribution in [3.05, 3.63) is 89.0 Å². The summed E-state index contributed by atoms with van der Waals surface area (Å²) < 4.78 is 10.8. The van der Waals surface area contributed by atoms with Crippen molar-refractivity contribution >= 4 is 35.6 Å². The molecular formula is C41H45N3O12. The number of carbonyl (C=O) groups excluding carboxylic acids is 1. The van der Waals surface area contributed by atoms with Crippen molar-refractivity contribution in [1.82, 2.24) is 0 Å². The fourth-order valence-electron chi connectivity index (χ4n) is 8.55. The number of aliphatic imine (C=N–C) groups is 2. The van der Waals surface area contributed by atoms with Crippen LogP contribution >= 0.6 is 0 Å². The van der Waals surface area contributed by atoms with Gasteiger partial charge < -0.3 is 50.3 Å². The van der Waals surface area contributed by atoms with Crippen LogP contribution in [0.4, 0.5) is 5.69 Å². The Morgan fingerprint density at radius 3 is 2.39 bits per heavy atom. The van der Waals surface area contributed by atoms with Gasteiger partial charge in [-0.05, 0) is 65.6 Å². The fraction of sp³-hybridized carbons (Fsp3) is 0.415. The van der Waals surface area contributed by atoms with Crippen molar-refractivity contribution < 1.29 is 59.9 Å². The molecule has 1 amide bonds. The molecule has 296 valence electrons. The van der Waals surface area contributed by atoms with Gasteiger partial charge in [0.15, 0.2) is 17.6 Å². The molecule has 0 unspecified atom stereocenters. The van der Waals surface area contributed by atoms with Gasteiger partial charge in [0.25, 0.3) is 5.91 Å². The van der Waals surface area contributed by atoms with Crippen molar-refractivity contribution in [3.8, 4) is 17.2 Å². The summed E-state index contributed by atoms with van der Waals surface area (Å²) in [5, 5.41) is 85.0.